The standard InChI is InChI=1S/C19H30N2O3.ClH/c1-5-7-11-24-15-10-8-9-14(12-15)21-17(22)19(20)13-16(23-6-2)18(19,3)4;/h8-10,12,16H,5-7,11,13,20H2,1-4H3,(H,21,22);1H. The number of carbonyl (C=O) groups is 1. The van der Waals surface area contributed by atoms with Gasteiger partial charge in [-0.15, -0.1) is 12.4 Å². The van der Waals surface area contributed by atoms with Crippen LogP contribution in [0.5, 0.6) is 5.75 Å². The monoisotopic (exact) mass is 370 g/mol. The van der Waals surface area contributed by atoms with Crippen molar-refractivity contribution in [1.82, 2.24) is 0 Å². The first-order chi connectivity index (χ1) is 11.3. The number of carbonyl (C=O) groups excluding carboxylic acids is 1. The number of nitrogens with two attached hydrogens (primary N) is 1. The van der Waals surface area contributed by atoms with Gasteiger partial charge in [-0.1, -0.05) is 33.3 Å². The Bertz CT molecular complexity index is 580. The molecule has 6 heteroatoms. The average Bonchev–Trinajstić information content (AvgIpc) is 2.55. The van der Waals surface area contributed by atoms with Crippen LogP contribution in [0.1, 0.15) is 47.0 Å². The molecule has 1 fully saturated rings. The van der Waals surface area contributed by atoms with E-state index in [0.717, 1.165) is 18.6 Å². The minimum Gasteiger partial charge on any atom is -0.494 e. The van der Waals surface area contributed by atoms with Gasteiger partial charge >= 0.3 is 0 Å². The summed E-state index contributed by atoms with van der Waals surface area (Å²) >= 11 is 0. The van der Waals surface area contributed by atoms with Crippen LogP contribution >= 0.6 is 12.4 Å². The lowest BCUT2D eigenvalue weighted by molar-refractivity contribution is -0.166. The van der Waals surface area contributed by atoms with Gasteiger partial charge in [0.1, 0.15) is 11.3 Å². The number of hydrogen-bond donors (Lipinski definition) is 2. The molecule has 0 bridgehead atoms. The average molecular weight is 371 g/mol. The fourth-order valence-corrected chi connectivity index (χ4v) is 3.06. The molecule has 0 aromatic heterocycles. The third-order valence-corrected chi connectivity index (χ3v) is 5.09. The topological polar surface area (TPSA) is 73.6 Å². The number of unbranched alkanes of at least 4 members (excludes halogenated alkanes) is 1. The van der Waals surface area contributed by atoms with Crippen LogP contribution in [0.25, 0.3) is 0 Å². The highest BCUT2D eigenvalue weighted by molar-refractivity contribution is 5.99. The molecular formula is C19H31ClN2O3. The SMILES string of the molecule is CCCCOc1cccc(NC(=O)C2(N)CC(OCC)C2(C)C)c1.Cl. The fourth-order valence-electron chi connectivity index (χ4n) is 3.06. The van der Waals surface area contributed by atoms with E-state index < -0.39 is 11.0 Å². The van der Waals surface area contributed by atoms with Gasteiger partial charge in [0.2, 0.25) is 5.91 Å². The van der Waals surface area contributed by atoms with E-state index in [9.17, 15) is 4.79 Å². The number of anilines is 1. The number of halogens is 1. The van der Waals surface area contributed by atoms with E-state index in [1.807, 2.05) is 45.0 Å². The molecule has 1 aromatic rings. The van der Waals surface area contributed by atoms with E-state index in [1.165, 1.54) is 0 Å². The molecule has 1 aromatic carbocycles. The van der Waals surface area contributed by atoms with Gasteiger partial charge in [-0.25, -0.2) is 0 Å². The Balaban J connectivity index is 0.00000312. The molecule has 5 nitrogen and oxygen atoms in total. The lowest BCUT2D eigenvalue weighted by atomic mass is 9.54. The summed E-state index contributed by atoms with van der Waals surface area (Å²) in [7, 11) is 0. The summed E-state index contributed by atoms with van der Waals surface area (Å²) in [5.74, 6) is 0.585. The molecule has 1 aliphatic rings. The predicted octanol–water partition coefficient (Wildman–Crippen LogP) is 3.76. The smallest absolute Gasteiger partial charge is 0.245 e. The molecule has 2 unspecified atom stereocenters. The van der Waals surface area contributed by atoms with Crippen LogP contribution < -0.4 is 15.8 Å². The molecule has 0 radical (unpaired) electrons. The van der Waals surface area contributed by atoms with E-state index in [4.69, 9.17) is 15.2 Å². The number of nitrogens with one attached hydrogen (secondary N) is 1. The molecular weight excluding hydrogens is 340 g/mol. The number of benzene rings is 1. The molecule has 25 heavy (non-hydrogen) atoms. The van der Waals surface area contributed by atoms with Crippen LogP contribution in [-0.4, -0.2) is 30.8 Å². The van der Waals surface area contributed by atoms with Crippen molar-refractivity contribution in [3.05, 3.63) is 24.3 Å². The van der Waals surface area contributed by atoms with Crippen molar-refractivity contribution in [2.24, 2.45) is 11.1 Å². The molecule has 3 N–H and O–H groups in total. The van der Waals surface area contributed by atoms with Crippen LogP contribution in [0.3, 0.4) is 0 Å². The van der Waals surface area contributed by atoms with Gasteiger partial charge < -0.3 is 20.5 Å². The van der Waals surface area contributed by atoms with Gasteiger partial charge in [-0.2, -0.15) is 0 Å². The summed E-state index contributed by atoms with van der Waals surface area (Å²) in [6, 6.07) is 7.44. The van der Waals surface area contributed by atoms with Gasteiger partial charge in [-0.05, 0) is 25.5 Å². The highest BCUT2D eigenvalue weighted by Gasteiger charge is 2.62. The first kappa shape index (κ1) is 21.7. The molecule has 0 spiro atoms. The molecule has 0 heterocycles. The van der Waals surface area contributed by atoms with Gasteiger partial charge in [0, 0.05) is 30.2 Å². The molecule has 1 saturated carbocycles. The second-order valence-electron chi connectivity index (χ2n) is 7.03. The van der Waals surface area contributed by atoms with E-state index in [-0.39, 0.29) is 24.4 Å². The summed E-state index contributed by atoms with van der Waals surface area (Å²) in [5, 5.41) is 2.93. The highest BCUT2D eigenvalue weighted by Crippen LogP contribution is 2.50. The fraction of sp³-hybridized carbons (Fsp3) is 0.632. The minimum atomic E-state index is -0.925. The van der Waals surface area contributed by atoms with E-state index in [2.05, 4.69) is 12.2 Å². The Morgan fingerprint density at radius 2 is 2.08 bits per heavy atom. The maximum Gasteiger partial charge on any atom is 0.245 e. The Kier molecular flexibility index (Phi) is 7.72. The zero-order chi connectivity index (χ0) is 17.8. The maximum absolute atomic E-state index is 12.7. The Hall–Kier alpha value is -1.30. The largest absolute Gasteiger partial charge is 0.494 e. The molecule has 2 atom stereocenters. The summed E-state index contributed by atoms with van der Waals surface area (Å²) in [6.07, 6.45) is 2.64. The molecule has 0 aliphatic heterocycles. The van der Waals surface area contributed by atoms with Crippen molar-refractivity contribution in [2.45, 2.75) is 58.6 Å². The van der Waals surface area contributed by atoms with E-state index in [0.29, 0.717) is 25.3 Å². The first-order valence-electron chi connectivity index (χ1n) is 8.80. The van der Waals surface area contributed by atoms with Crippen molar-refractivity contribution in [2.75, 3.05) is 18.5 Å². The normalized spacial score (nSPS) is 24.0. The van der Waals surface area contributed by atoms with Crippen molar-refractivity contribution in [3.8, 4) is 5.75 Å². The number of amides is 1. The third-order valence-electron chi connectivity index (χ3n) is 5.09. The lowest BCUT2D eigenvalue weighted by Crippen LogP contribution is -2.74. The summed E-state index contributed by atoms with van der Waals surface area (Å²) in [6.45, 7) is 9.36. The zero-order valence-corrected chi connectivity index (χ0v) is 16.4. The quantitative estimate of drug-likeness (QED) is 0.683. The van der Waals surface area contributed by atoms with Gasteiger partial charge in [0.05, 0.1) is 12.7 Å². The van der Waals surface area contributed by atoms with Crippen molar-refractivity contribution in [1.29, 1.82) is 0 Å². The highest BCUT2D eigenvalue weighted by atomic mass is 35.5. The second kappa shape index (κ2) is 8.88. The summed E-state index contributed by atoms with van der Waals surface area (Å²) < 4.78 is 11.4. The van der Waals surface area contributed by atoms with Crippen LogP contribution in [0.2, 0.25) is 0 Å². The summed E-state index contributed by atoms with van der Waals surface area (Å²) in [4.78, 5) is 12.7. The first-order valence-corrected chi connectivity index (χ1v) is 8.80. The van der Waals surface area contributed by atoms with Crippen molar-refractivity contribution in [3.63, 3.8) is 0 Å². The van der Waals surface area contributed by atoms with Crippen molar-refractivity contribution >= 4 is 24.0 Å². The Labute approximate surface area is 157 Å². The minimum absolute atomic E-state index is 0. The molecule has 2 rings (SSSR count). The molecule has 142 valence electrons. The molecule has 0 saturated heterocycles. The van der Waals surface area contributed by atoms with E-state index in [1.54, 1.807) is 0 Å². The van der Waals surface area contributed by atoms with Crippen LogP contribution in [0, 0.1) is 5.41 Å². The lowest BCUT2D eigenvalue weighted by Gasteiger charge is -2.57. The number of ether oxygens (including phenoxy) is 2. The van der Waals surface area contributed by atoms with Crippen LogP contribution in [0.15, 0.2) is 24.3 Å². The van der Waals surface area contributed by atoms with Crippen molar-refractivity contribution < 1.29 is 14.3 Å². The van der Waals surface area contributed by atoms with E-state index >= 15 is 0 Å². The summed E-state index contributed by atoms with van der Waals surface area (Å²) in [5.41, 5.74) is 5.78. The third kappa shape index (κ3) is 4.46. The van der Waals surface area contributed by atoms with Gasteiger partial charge in [0.15, 0.2) is 0 Å². The Morgan fingerprint density at radius 1 is 1.36 bits per heavy atom. The van der Waals surface area contributed by atoms with Gasteiger partial charge in [-0.3, -0.25) is 4.79 Å². The molecule has 1 aliphatic carbocycles. The second-order valence-corrected chi connectivity index (χ2v) is 7.03. The Morgan fingerprint density at radius 3 is 2.68 bits per heavy atom. The number of rotatable bonds is 8. The zero-order valence-electron chi connectivity index (χ0n) is 15.6. The van der Waals surface area contributed by atoms with Crippen LogP contribution in [0.4, 0.5) is 5.69 Å². The maximum atomic E-state index is 12.7. The van der Waals surface area contributed by atoms with Crippen LogP contribution in [-0.2, 0) is 9.53 Å². The molecule has 1 amide bonds. The number of hydrogen-bond acceptors (Lipinski definition) is 4. The van der Waals surface area contributed by atoms with Gasteiger partial charge in [0.25, 0.3) is 0 Å². The predicted molar refractivity (Wildman–Crippen MR) is 103 cm³/mol.